The fourth-order valence-corrected chi connectivity index (χ4v) is 2.78. The van der Waals surface area contributed by atoms with E-state index in [1.54, 1.807) is 0 Å². The van der Waals surface area contributed by atoms with Crippen LogP contribution in [0, 0.1) is 20.8 Å². The van der Waals surface area contributed by atoms with Crippen molar-refractivity contribution in [1.29, 1.82) is 0 Å². The lowest BCUT2D eigenvalue weighted by molar-refractivity contribution is 0.458. The van der Waals surface area contributed by atoms with E-state index in [4.69, 9.17) is 5.73 Å². The maximum atomic E-state index is 5.69. The molecule has 1 atom stereocenters. The van der Waals surface area contributed by atoms with Crippen molar-refractivity contribution in [2.45, 2.75) is 52.6 Å². The van der Waals surface area contributed by atoms with E-state index in [-0.39, 0.29) is 0 Å². The number of nitrogens with zero attached hydrogens (tertiary/aromatic N) is 2. The van der Waals surface area contributed by atoms with E-state index < -0.39 is 0 Å². The van der Waals surface area contributed by atoms with Gasteiger partial charge in [-0.1, -0.05) is 6.07 Å². The van der Waals surface area contributed by atoms with Gasteiger partial charge >= 0.3 is 0 Å². The van der Waals surface area contributed by atoms with Crippen LogP contribution in [0.3, 0.4) is 0 Å². The summed E-state index contributed by atoms with van der Waals surface area (Å²) in [6.07, 6.45) is 6.82. The second-order valence-electron chi connectivity index (χ2n) is 6.31. The van der Waals surface area contributed by atoms with Crippen LogP contribution in [0.1, 0.15) is 40.9 Å². The molecule has 3 N–H and O–H groups in total. The topological polar surface area (TPSA) is 63.8 Å². The van der Waals surface area contributed by atoms with Crippen LogP contribution in [0.4, 0.5) is 0 Å². The van der Waals surface area contributed by atoms with Gasteiger partial charge in [-0.05, 0) is 69.0 Å². The SMILES string of the molecule is Cc1ccnc(CNC(CCCN)Cc2ncc(C)cc2C)c1. The maximum Gasteiger partial charge on any atom is 0.0544 e. The summed E-state index contributed by atoms with van der Waals surface area (Å²) in [6.45, 7) is 7.81. The zero-order valence-corrected chi connectivity index (χ0v) is 14.5. The third-order valence-electron chi connectivity index (χ3n) is 4.06. The number of aromatic nitrogens is 2. The third-order valence-corrected chi connectivity index (χ3v) is 4.06. The predicted octanol–water partition coefficient (Wildman–Crippen LogP) is 2.84. The molecule has 0 aromatic carbocycles. The molecule has 2 aromatic heterocycles. The van der Waals surface area contributed by atoms with Crippen molar-refractivity contribution in [3.63, 3.8) is 0 Å². The molecule has 23 heavy (non-hydrogen) atoms. The van der Waals surface area contributed by atoms with Crippen molar-refractivity contribution < 1.29 is 0 Å². The quantitative estimate of drug-likeness (QED) is 0.787. The van der Waals surface area contributed by atoms with E-state index in [1.807, 2.05) is 18.5 Å². The Kier molecular flexibility index (Phi) is 6.68. The Balaban J connectivity index is 2.01. The Hall–Kier alpha value is -1.78. The third kappa shape index (κ3) is 5.73. The average Bonchev–Trinajstić information content (AvgIpc) is 2.52. The van der Waals surface area contributed by atoms with E-state index >= 15 is 0 Å². The molecule has 2 aromatic rings. The highest BCUT2D eigenvalue weighted by atomic mass is 14.9. The molecule has 1 unspecified atom stereocenters. The Morgan fingerprint density at radius 1 is 1.13 bits per heavy atom. The molecule has 0 bridgehead atoms. The number of aryl methyl sites for hydroxylation is 3. The van der Waals surface area contributed by atoms with Crippen LogP contribution in [0.15, 0.2) is 30.6 Å². The molecule has 0 radical (unpaired) electrons. The van der Waals surface area contributed by atoms with Crippen LogP contribution in [0.5, 0.6) is 0 Å². The molecule has 0 aliphatic rings. The number of hydrogen-bond acceptors (Lipinski definition) is 4. The predicted molar refractivity (Wildman–Crippen MR) is 95.3 cm³/mol. The van der Waals surface area contributed by atoms with Gasteiger partial charge in [-0.25, -0.2) is 0 Å². The van der Waals surface area contributed by atoms with Gasteiger partial charge in [0.25, 0.3) is 0 Å². The van der Waals surface area contributed by atoms with Gasteiger partial charge in [-0.2, -0.15) is 0 Å². The Bertz CT molecular complexity index is 625. The second kappa shape index (κ2) is 8.75. The first-order valence-corrected chi connectivity index (χ1v) is 8.35. The van der Waals surface area contributed by atoms with E-state index in [0.717, 1.165) is 38.0 Å². The van der Waals surface area contributed by atoms with Gasteiger partial charge < -0.3 is 11.1 Å². The summed E-state index contributed by atoms with van der Waals surface area (Å²) in [7, 11) is 0. The molecule has 2 rings (SSSR count). The maximum absolute atomic E-state index is 5.69. The zero-order chi connectivity index (χ0) is 16.7. The molecule has 124 valence electrons. The number of nitrogens with two attached hydrogens (primary N) is 1. The second-order valence-corrected chi connectivity index (χ2v) is 6.31. The molecule has 0 amide bonds. The highest BCUT2D eigenvalue weighted by Crippen LogP contribution is 2.12. The average molecular weight is 312 g/mol. The number of nitrogens with one attached hydrogen (secondary N) is 1. The molecule has 0 aliphatic heterocycles. The summed E-state index contributed by atoms with van der Waals surface area (Å²) in [5.41, 5.74) is 11.7. The molecule has 0 fully saturated rings. The minimum atomic E-state index is 0.370. The fourth-order valence-electron chi connectivity index (χ4n) is 2.78. The lowest BCUT2D eigenvalue weighted by Gasteiger charge is -2.19. The van der Waals surface area contributed by atoms with Crippen LogP contribution in [0.2, 0.25) is 0 Å². The Morgan fingerprint density at radius 3 is 2.65 bits per heavy atom. The summed E-state index contributed by atoms with van der Waals surface area (Å²) in [6, 6.07) is 6.72. The first-order valence-electron chi connectivity index (χ1n) is 8.35. The zero-order valence-electron chi connectivity index (χ0n) is 14.5. The highest BCUT2D eigenvalue weighted by molar-refractivity contribution is 5.24. The van der Waals surface area contributed by atoms with Crippen molar-refractivity contribution in [3.05, 3.63) is 58.7 Å². The van der Waals surface area contributed by atoms with E-state index in [2.05, 4.69) is 48.2 Å². The monoisotopic (exact) mass is 312 g/mol. The highest BCUT2D eigenvalue weighted by Gasteiger charge is 2.12. The van der Waals surface area contributed by atoms with Crippen LogP contribution in [-0.2, 0) is 13.0 Å². The molecule has 0 aliphatic carbocycles. The number of hydrogen-bond donors (Lipinski definition) is 2. The minimum Gasteiger partial charge on any atom is -0.330 e. The van der Waals surface area contributed by atoms with Gasteiger partial charge in [0.05, 0.1) is 5.69 Å². The van der Waals surface area contributed by atoms with Crippen molar-refractivity contribution in [2.75, 3.05) is 6.54 Å². The van der Waals surface area contributed by atoms with Crippen LogP contribution in [-0.4, -0.2) is 22.6 Å². The van der Waals surface area contributed by atoms with Crippen LogP contribution >= 0.6 is 0 Å². The van der Waals surface area contributed by atoms with Gasteiger partial charge in [-0.3, -0.25) is 9.97 Å². The molecule has 2 heterocycles. The molecule has 4 heteroatoms. The molecule has 4 nitrogen and oxygen atoms in total. The molecule has 0 spiro atoms. The molecular formula is C19H28N4. The fraction of sp³-hybridized carbons (Fsp3) is 0.474. The standard InChI is InChI=1S/C19H28N4/c1-14-6-8-21-18(10-14)13-22-17(5-4-7-20)11-19-16(3)9-15(2)12-23-19/h6,8-10,12,17,22H,4-5,7,11,13,20H2,1-3H3. The van der Waals surface area contributed by atoms with Crippen molar-refractivity contribution in [3.8, 4) is 0 Å². The molecule has 0 saturated heterocycles. The van der Waals surface area contributed by atoms with E-state index in [0.29, 0.717) is 6.04 Å². The van der Waals surface area contributed by atoms with E-state index in [9.17, 15) is 0 Å². The van der Waals surface area contributed by atoms with Crippen LogP contribution < -0.4 is 11.1 Å². The van der Waals surface area contributed by atoms with Crippen LogP contribution in [0.25, 0.3) is 0 Å². The van der Waals surface area contributed by atoms with Gasteiger partial charge in [0.15, 0.2) is 0 Å². The Morgan fingerprint density at radius 2 is 1.96 bits per heavy atom. The number of pyridine rings is 2. The first-order chi connectivity index (χ1) is 11.1. The minimum absolute atomic E-state index is 0.370. The van der Waals surface area contributed by atoms with Gasteiger partial charge in [0.2, 0.25) is 0 Å². The lowest BCUT2D eigenvalue weighted by Crippen LogP contribution is -2.32. The smallest absolute Gasteiger partial charge is 0.0544 e. The van der Waals surface area contributed by atoms with Crippen molar-refractivity contribution in [1.82, 2.24) is 15.3 Å². The van der Waals surface area contributed by atoms with Gasteiger partial charge in [-0.15, -0.1) is 0 Å². The summed E-state index contributed by atoms with van der Waals surface area (Å²) in [4.78, 5) is 9.03. The van der Waals surface area contributed by atoms with Crippen molar-refractivity contribution in [2.24, 2.45) is 5.73 Å². The number of rotatable bonds is 8. The normalized spacial score (nSPS) is 12.3. The van der Waals surface area contributed by atoms with Crippen molar-refractivity contribution >= 4 is 0 Å². The molecular weight excluding hydrogens is 284 g/mol. The first kappa shape index (κ1) is 17.6. The Labute approximate surface area is 139 Å². The largest absolute Gasteiger partial charge is 0.330 e. The summed E-state index contributed by atoms with van der Waals surface area (Å²) in [5.74, 6) is 0. The van der Waals surface area contributed by atoms with E-state index in [1.165, 1.54) is 22.4 Å². The molecule has 0 saturated carbocycles. The van der Waals surface area contributed by atoms with Gasteiger partial charge in [0, 0.05) is 37.1 Å². The lowest BCUT2D eigenvalue weighted by atomic mass is 10.0. The summed E-state index contributed by atoms with van der Waals surface area (Å²) < 4.78 is 0. The van der Waals surface area contributed by atoms with Gasteiger partial charge in [0.1, 0.15) is 0 Å². The summed E-state index contributed by atoms with van der Waals surface area (Å²) >= 11 is 0. The summed E-state index contributed by atoms with van der Waals surface area (Å²) in [5, 5.41) is 3.63.